The number of carbonyl (C=O) groups is 2. The van der Waals surface area contributed by atoms with E-state index in [1.165, 1.54) is 0 Å². The third kappa shape index (κ3) is 2.25. The maximum atomic E-state index is 12.4. The molecule has 1 aliphatic heterocycles. The lowest BCUT2D eigenvalue weighted by atomic mass is 9.87. The van der Waals surface area contributed by atoms with Crippen molar-refractivity contribution < 1.29 is 14.7 Å². The number of ketones is 1. The fourth-order valence-electron chi connectivity index (χ4n) is 2.64. The number of hydrogen-bond acceptors (Lipinski definition) is 4. The molecular weight excluding hydrogens is 280 g/mol. The van der Waals surface area contributed by atoms with Crippen LogP contribution in [0.5, 0.6) is 0 Å². The molecule has 0 spiro atoms. The van der Waals surface area contributed by atoms with E-state index in [0.717, 1.165) is 5.56 Å². The van der Waals surface area contributed by atoms with E-state index in [9.17, 15) is 14.7 Å². The summed E-state index contributed by atoms with van der Waals surface area (Å²) < 4.78 is 0. The van der Waals surface area contributed by atoms with Gasteiger partial charge in [-0.25, -0.2) is 0 Å². The van der Waals surface area contributed by atoms with E-state index in [1.807, 2.05) is 13.0 Å². The monoisotopic (exact) mass is 296 g/mol. The Morgan fingerprint density at radius 1 is 1.23 bits per heavy atom. The number of nitrogen functional groups attached to an aromatic ring is 1. The highest BCUT2D eigenvalue weighted by molar-refractivity contribution is 6.09. The highest BCUT2D eigenvalue weighted by atomic mass is 16.3. The van der Waals surface area contributed by atoms with Crippen molar-refractivity contribution in [3.8, 4) is 0 Å². The van der Waals surface area contributed by atoms with Crippen LogP contribution in [0.2, 0.25) is 0 Å². The molecule has 1 aliphatic rings. The van der Waals surface area contributed by atoms with Crippen molar-refractivity contribution in [3.05, 3.63) is 59.2 Å². The number of benzene rings is 2. The van der Waals surface area contributed by atoms with Crippen LogP contribution in [0.4, 0.5) is 11.4 Å². The number of aryl methyl sites for hydroxylation is 1. The summed E-state index contributed by atoms with van der Waals surface area (Å²) in [6.07, 6.45) is -0.306. The Bertz CT molecular complexity index is 768. The predicted octanol–water partition coefficient (Wildman–Crippen LogP) is 1.99. The molecule has 1 atom stereocenters. The van der Waals surface area contributed by atoms with Crippen LogP contribution in [-0.4, -0.2) is 16.8 Å². The van der Waals surface area contributed by atoms with Crippen molar-refractivity contribution in [1.29, 1.82) is 0 Å². The van der Waals surface area contributed by atoms with Gasteiger partial charge in [0.1, 0.15) is 0 Å². The predicted molar refractivity (Wildman–Crippen MR) is 83.5 cm³/mol. The summed E-state index contributed by atoms with van der Waals surface area (Å²) >= 11 is 0. The molecular formula is C17H16N2O3. The van der Waals surface area contributed by atoms with Crippen LogP contribution in [0.3, 0.4) is 0 Å². The molecule has 3 rings (SSSR count). The number of fused-ring (bicyclic) bond motifs is 1. The van der Waals surface area contributed by atoms with Gasteiger partial charge in [0.15, 0.2) is 11.4 Å². The minimum absolute atomic E-state index is 0.306. The zero-order valence-electron chi connectivity index (χ0n) is 12.1. The van der Waals surface area contributed by atoms with Gasteiger partial charge in [0.25, 0.3) is 5.91 Å². The molecule has 1 heterocycles. The topological polar surface area (TPSA) is 92.4 Å². The number of rotatable bonds is 3. The number of aliphatic hydroxyl groups is 1. The Kier molecular flexibility index (Phi) is 3.22. The summed E-state index contributed by atoms with van der Waals surface area (Å²) in [6.45, 7) is 1.87. The first-order valence-corrected chi connectivity index (χ1v) is 6.94. The maximum absolute atomic E-state index is 12.4. The summed E-state index contributed by atoms with van der Waals surface area (Å²) in [5.41, 5.74) is 6.63. The van der Waals surface area contributed by atoms with Crippen molar-refractivity contribution in [3.63, 3.8) is 0 Å². The fourth-order valence-corrected chi connectivity index (χ4v) is 2.64. The summed E-state index contributed by atoms with van der Waals surface area (Å²) in [4.78, 5) is 24.5. The Morgan fingerprint density at radius 3 is 2.59 bits per heavy atom. The number of amides is 1. The molecule has 0 radical (unpaired) electrons. The van der Waals surface area contributed by atoms with Crippen molar-refractivity contribution >= 4 is 23.1 Å². The standard InChI is InChI=1S/C17H16N2O3/c1-10-2-7-14-13(8-10)17(22,16(21)19-14)9-15(20)11-3-5-12(18)6-4-11/h2-8,22H,9,18H2,1H3,(H,19,21). The molecule has 0 fully saturated rings. The van der Waals surface area contributed by atoms with Crippen molar-refractivity contribution in [2.45, 2.75) is 18.9 Å². The molecule has 0 aromatic heterocycles. The molecule has 112 valence electrons. The van der Waals surface area contributed by atoms with Crippen LogP contribution < -0.4 is 11.1 Å². The lowest BCUT2D eigenvalue weighted by Crippen LogP contribution is -2.36. The Hall–Kier alpha value is -2.66. The van der Waals surface area contributed by atoms with Gasteiger partial charge >= 0.3 is 0 Å². The van der Waals surface area contributed by atoms with Gasteiger partial charge < -0.3 is 16.2 Å². The Morgan fingerprint density at radius 2 is 1.91 bits per heavy atom. The molecule has 0 saturated heterocycles. The van der Waals surface area contributed by atoms with Crippen molar-refractivity contribution in [2.75, 3.05) is 11.1 Å². The number of nitrogens with two attached hydrogens (primary N) is 1. The van der Waals surface area contributed by atoms with E-state index in [0.29, 0.717) is 22.5 Å². The first-order valence-electron chi connectivity index (χ1n) is 6.94. The molecule has 0 bridgehead atoms. The second-order valence-corrected chi connectivity index (χ2v) is 5.59. The van der Waals surface area contributed by atoms with E-state index < -0.39 is 11.5 Å². The van der Waals surface area contributed by atoms with Gasteiger partial charge in [0.05, 0.1) is 6.42 Å². The third-order valence-electron chi connectivity index (χ3n) is 3.89. The lowest BCUT2D eigenvalue weighted by Gasteiger charge is -2.20. The first-order chi connectivity index (χ1) is 10.4. The summed E-state index contributed by atoms with van der Waals surface area (Å²) in [5, 5.41) is 13.4. The van der Waals surface area contributed by atoms with E-state index in [4.69, 9.17) is 5.73 Å². The average Bonchev–Trinajstić information content (AvgIpc) is 2.71. The first kappa shape index (κ1) is 14.3. The van der Waals surface area contributed by atoms with E-state index in [-0.39, 0.29) is 12.2 Å². The number of anilines is 2. The van der Waals surface area contributed by atoms with Crippen LogP contribution in [0.25, 0.3) is 0 Å². The van der Waals surface area contributed by atoms with Gasteiger partial charge in [-0.15, -0.1) is 0 Å². The molecule has 0 aliphatic carbocycles. The minimum Gasteiger partial charge on any atom is -0.399 e. The summed E-state index contributed by atoms with van der Waals surface area (Å²) in [6, 6.07) is 11.7. The van der Waals surface area contributed by atoms with Crippen molar-refractivity contribution in [1.82, 2.24) is 0 Å². The highest BCUT2D eigenvalue weighted by Gasteiger charge is 2.46. The van der Waals surface area contributed by atoms with Crippen molar-refractivity contribution in [2.24, 2.45) is 0 Å². The van der Waals surface area contributed by atoms with Gasteiger partial charge in [-0.1, -0.05) is 17.7 Å². The SMILES string of the molecule is Cc1ccc2c(c1)C(O)(CC(=O)c1ccc(N)cc1)C(=O)N2. The molecule has 1 amide bonds. The summed E-state index contributed by atoms with van der Waals surface area (Å²) in [7, 11) is 0. The van der Waals surface area contributed by atoms with Crippen LogP contribution >= 0.6 is 0 Å². The van der Waals surface area contributed by atoms with Crippen LogP contribution in [0, 0.1) is 6.92 Å². The summed E-state index contributed by atoms with van der Waals surface area (Å²) in [5.74, 6) is -0.885. The lowest BCUT2D eigenvalue weighted by molar-refractivity contribution is -0.133. The maximum Gasteiger partial charge on any atom is 0.261 e. The quantitative estimate of drug-likeness (QED) is 0.596. The minimum atomic E-state index is -1.83. The molecule has 0 saturated carbocycles. The Balaban J connectivity index is 1.94. The van der Waals surface area contributed by atoms with Gasteiger partial charge in [-0.2, -0.15) is 0 Å². The molecule has 22 heavy (non-hydrogen) atoms. The van der Waals surface area contributed by atoms with Gasteiger partial charge in [-0.3, -0.25) is 9.59 Å². The van der Waals surface area contributed by atoms with Gasteiger partial charge in [0.2, 0.25) is 0 Å². The van der Waals surface area contributed by atoms with Crippen LogP contribution in [0.1, 0.15) is 27.9 Å². The molecule has 5 nitrogen and oxygen atoms in total. The highest BCUT2D eigenvalue weighted by Crippen LogP contribution is 2.39. The Labute approximate surface area is 127 Å². The number of Topliss-reactive ketones (excluding diaryl/α,β-unsaturated/α-hetero) is 1. The largest absolute Gasteiger partial charge is 0.399 e. The molecule has 5 heteroatoms. The zero-order chi connectivity index (χ0) is 15.9. The number of hydrogen-bond donors (Lipinski definition) is 3. The molecule has 4 N–H and O–H groups in total. The zero-order valence-corrected chi connectivity index (χ0v) is 12.1. The second-order valence-electron chi connectivity index (χ2n) is 5.59. The number of carbonyl (C=O) groups excluding carboxylic acids is 2. The third-order valence-corrected chi connectivity index (χ3v) is 3.89. The van der Waals surface area contributed by atoms with E-state index in [2.05, 4.69) is 5.32 Å². The van der Waals surface area contributed by atoms with Gasteiger partial charge in [-0.05, 0) is 37.3 Å². The van der Waals surface area contributed by atoms with E-state index in [1.54, 1.807) is 36.4 Å². The fraction of sp³-hybridized carbons (Fsp3) is 0.176. The van der Waals surface area contributed by atoms with Crippen LogP contribution in [0.15, 0.2) is 42.5 Å². The molecule has 2 aromatic rings. The molecule has 2 aromatic carbocycles. The molecule has 1 unspecified atom stereocenters. The smallest absolute Gasteiger partial charge is 0.261 e. The van der Waals surface area contributed by atoms with Crippen LogP contribution in [-0.2, 0) is 10.4 Å². The number of nitrogens with one attached hydrogen (secondary N) is 1. The average molecular weight is 296 g/mol. The normalized spacial score (nSPS) is 19.6. The van der Waals surface area contributed by atoms with Gasteiger partial charge in [0, 0.05) is 22.5 Å². The second kappa shape index (κ2) is 4.96. The van der Waals surface area contributed by atoms with E-state index >= 15 is 0 Å².